The van der Waals surface area contributed by atoms with Crippen LogP contribution >= 0.6 is 15.9 Å². The summed E-state index contributed by atoms with van der Waals surface area (Å²) in [6.45, 7) is 0.0866. The van der Waals surface area contributed by atoms with Gasteiger partial charge in [0, 0.05) is 0 Å². The lowest BCUT2D eigenvalue weighted by Gasteiger charge is -2.01. The first-order valence-electron chi connectivity index (χ1n) is 5.27. The third-order valence-electron chi connectivity index (χ3n) is 2.48. The van der Waals surface area contributed by atoms with Crippen LogP contribution in [-0.2, 0) is 6.54 Å². The molecule has 0 aliphatic carbocycles. The molecule has 0 radical (unpaired) electrons. The Morgan fingerprint density at radius 2 is 2.25 bits per heavy atom. The van der Waals surface area contributed by atoms with Gasteiger partial charge < -0.3 is 15.2 Å². The first kappa shape index (κ1) is 14.1. The van der Waals surface area contributed by atoms with Crippen LogP contribution in [0.1, 0.15) is 15.9 Å². The molecule has 9 heteroatoms. The minimum atomic E-state index is -1.36. The number of rotatable bonds is 4. The zero-order valence-electron chi connectivity index (χ0n) is 9.79. The molecule has 0 bridgehead atoms. The highest BCUT2D eigenvalue weighted by Gasteiger charge is 2.19. The molecule has 2 rings (SSSR count). The quantitative estimate of drug-likeness (QED) is 0.679. The number of benzene rings is 1. The Bertz CT molecular complexity index is 701. The largest absolute Gasteiger partial charge is 0.478 e. The summed E-state index contributed by atoms with van der Waals surface area (Å²) in [4.78, 5) is 20.7. The summed E-state index contributed by atoms with van der Waals surface area (Å²) >= 11 is 3.00. The van der Waals surface area contributed by atoms with E-state index in [4.69, 9.17) is 5.11 Å². The van der Waals surface area contributed by atoms with Gasteiger partial charge in [0.2, 0.25) is 0 Å². The first-order valence-corrected chi connectivity index (χ1v) is 6.07. The molecule has 7 nitrogen and oxygen atoms in total. The standard InChI is InChI=1S/C11H7BrFN3O4/c12-8-5-15(14-10(8)16(19)20)4-6-1-2-7(11(17)18)9(13)3-6/h1-3,5H,4H2,(H,17,18). The Morgan fingerprint density at radius 3 is 2.75 bits per heavy atom. The molecule has 1 heterocycles. The fraction of sp³-hybridized carbons (Fsp3) is 0.0909. The molecule has 2 aromatic rings. The van der Waals surface area contributed by atoms with E-state index >= 15 is 0 Å². The fourth-order valence-corrected chi connectivity index (χ4v) is 2.07. The molecule has 0 atom stereocenters. The van der Waals surface area contributed by atoms with Crippen molar-refractivity contribution < 1.29 is 19.2 Å². The summed E-state index contributed by atoms with van der Waals surface area (Å²) in [5.74, 6) is -2.56. The van der Waals surface area contributed by atoms with Gasteiger partial charge in [-0.25, -0.2) is 9.18 Å². The van der Waals surface area contributed by atoms with Crippen LogP contribution in [-0.4, -0.2) is 25.8 Å². The van der Waals surface area contributed by atoms with E-state index in [0.717, 1.165) is 12.1 Å². The Labute approximate surface area is 119 Å². The molecule has 0 aliphatic rings. The molecule has 0 saturated heterocycles. The summed E-state index contributed by atoms with van der Waals surface area (Å²) in [6.07, 6.45) is 1.39. The average Bonchev–Trinajstić information content (AvgIpc) is 2.70. The number of hydrogen-bond acceptors (Lipinski definition) is 4. The highest BCUT2D eigenvalue weighted by Crippen LogP contribution is 2.22. The third-order valence-corrected chi connectivity index (χ3v) is 3.04. The normalized spacial score (nSPS) is 10.5. The van der Waals surface area contributed by atoms with Crippen molar-refractivity contribution in [3.05, 3.63) is 55.9 Å². The van der Waals surface area contributed by atoms with Crippen LogP contribution in [0.4, 0.5) is 10.2 Å². The maximum Gasteiger partial charge on any atom is 0.404 e. The van der Waals surface area contributed by atoms with E-state index in [0.29, 0.717) is 5.56 Å². The van der Waals surface area contributed by atoms with E-state index in [1.54, 1.807) is 0 Å². The second-order valence-electron chi connectivity index (χ2n) is 3.87. The van der Waals surface area contributed by atoms with Crippen LogP contribution in [0.25, 0.3) is 0 Å². The molecular formula is C11H7BrFN3O4. The van der Waals surface area contributed by atoms with Gasteiger partial charge in [0.15, 0.2) is 0 Å². The van der Waals surface area contributed by atoms with Crippen LogP contribution in [0, 0.1) is 15.9 Å². The number of carboxylic acid groups (broad SMARTS) is 1. The zero-order valence-corrected chi connectivity index (χ0v) is 11.4. The maximum absolute atomic E-state index is 13.5. The topological polar surface area (TPSA) is 98.3 Å². The maximum atomic E-state index is 13.5. The summed E-state index contributed by atoms with van der Waals surface area (Å²) in [5.41, 5.74) is 0.0128. The lowest BCUT2D eigenvalue weighted by atomic mass is 10.1. The minimum Gasteiger partial charge on any atom is -0.478 e. The lowest BCUT2D eigenvalue weighted by Crippen LogP contribution is -2.05. The minimum absolute atomic E-state index is 0.0866. The number of nitro groups is 1. The van der Waals surface area contributed by atoms with Gasteiger partial charge in [0.1, 0.15) is 10.3 Å². The van der Waals surface area contributed by atoms with Crippen molar-refractivity contribution in [2.75, 3.05) is 0 Å². The Balaban J connectivity index is 2.26. The Kier molecular flexibility index (Phi) is 3.79. The predicted octanol–water partition coefficient (Wildman–Crippen LogP) is 2.44. The molecule has 0 saturated carbocycles. The number of hydrogen-bond donors (Lipinski definition) is 1. The number of nitrogens with zero attached hydrogens (tertiary/aromatic N) is 3. The van der Waals surface area contributed by atoms with Crippen molar-refractivity contribution in [2.24, 2.45) is 0 Å². The van der Waals surface area contributed by atoms with Crippen molar-refractivity contribution in [1.82, 2.24) is 9.78 Å². The monoisotopic (exact) mass is 343 g/mol. The summed E-state index contributed by atoms with van der Waals surface area (Å²) in [6, 6.07) is 3.62. The van der Waals surface area contributed by atoms with Crippen LogP contribution in [0.15, 0.2) is 28.9 Å². The van der Waals surface area contributed by atoms with Crippen molar-refractivity contribution >= 4 is 27.7 Å². The SMILES string of the molecule is O=C(O)c1ccc(Cn2cc(Br)c([N+](=O)[O-])n2)cc1F. The Morgan fingerprint density at radius 1 is 1.55 bits per heavy atom. The molecule has 0 amide bonds. The van der Waals surface area contributed by atoms with Gasteiger partial charge in [-0.15, -0.1) is 0 Å². The van der Waals surface area contributed by atoms with Crippen molar-refractivity contribution in [1.29, 1.82) is 0 Å². The fourth-order valence-electron chi connectivity index (χ4n) is 1.61. The molecule has 0 aliphatic heterocycles. The number of aromatic carboxylic acids is 1. The van der Waals surface area contributed by atoms with Crippen molar-refractivity contribution in [2.45, 2.75) is 6.54 Å². The van der Waals surface area contributed by atoms with E-state index in [9.17, 15) is 19.3 Å². The van der Waals surface area contributed by atoms with Crippen molar-refractivity contribution in [3.63, 3.8) is 0 Å². The van der Waals surface area contributed by atoms with Crippen LogP contribution in [0.3, 0.4) is 0 Å². The molecule has 1 N–H and O–H groups in total. The van der Waals surface area contributed by atoms with Gasteiger partial charge in [-0.1, -0.05) is 6.07 Å². The molecule has 1 aromatic heterocycles. The Hall–Kier alpha value is -2.29. The van der Waals surface area contributed by atoms with E-state index in [-0.39, 0.29) is 16.8 Å². The van der Waals surface area contributed by atoms with Gasteiger partial charge in [0.25, 0.3) is 0 Å². The van der Waals surface area contributed by atoms with E-state index < -0.39 is 22.3 Å². The van der Waals surface area contributed by atoms with E-state index in [2.05, 4.69) is 21.0 Å². The molecular weight excluding hydrogens is 337 g/mol. The molecule has 0 spiro atoms. The molecule has 20 heavy (non-hydrogen) atoms. The summed E-state index contributed by atoms with van der Waals surface area (Å²) in [7, 11) is 0. The molecule has 1 aromatic carbocycles. The second kappa shape index (κ2) is 5.37. The van der Waals surface area contributed by atoms with Crippen molar-refractivity contribution in [3.8, 4) is 0 Å². The highest BCUT2D eigenvalue weighted by molar-refractivity contribution is 9.10. The lowest BCUT2D eigenvalue weighted by molar-refractivity contribution is -0.390. The summed E-state index contributed by atoms with van der Waals surface area (Å²) < 4.78 is 15.0. The van der Waals surface area contributed by atoms with E-state index in [1.807, 2.05) is 0 Å². The zero-order chi connectivity index (χ0) is 14.9. The second-order valence-corrected chi connectivity index (χ2v) is 4.73. The molecule has 0 unspecified atom stereocenters. The third kappa shape index (κ3) is 2.82. The van der Waals surface area contributed by atoms with Crippen LogP contribution < -0.4 is 0 Å². The molecule has 0 fully saturated rings. The van der Waals surface area contributed by atoms with Gasteiger partial charge in [-0.05, 0) is 38.5 Å². The predicted molar refractivity (Wildman–Crippen MR) is 69.0 cm³/mol. The average molecular weight is 344 g/mol. The van der Waals surface area contributed by atoms with Gasteiger partial charge in [-0.3, -0.25) is 0 Å². The number of carbonyl (C=O) groups is 1. The first-order chi connectivity index (χ1) is 9.38. The number of halogens is 2. The van der Waals surface area contributed by atoms with Crippen LogP contribution in [0.2, 0.25) is 0 Å². The van der Waals surface area contributed by atoms with Gasteiger partial charge in [0.05, 0.1) is 23.4 Å². The number of aromatic nitrogens is 2. The van der Waals surface area contributed by atoms with Gasteiger partial charge in [-0.2, -0.15) is 4.68 Å². The summed E-state index contributed by atoms with van der Waals surface area (Å²) in [5, 5.41) is 23.1. The smallest absolute Gasteiger partial charge is 0.404 e. The van der Waals surface area contributed by atoms with Gasteiger partial charge >= 0.3 is 11.8 Å². The molecule has 104 valence electrons. The number of carboxylic acids is 1. The van der Waals surface area contributed by atoms with E-state index in [1.165, 1.54) is 16.9 Å². The van der Waals surface area contributed by atoms with Crippen LogP contribution in [0.5, 0.6) is 0 Å². The highest BCUT2D eigenvalue weighted by atomic mass is 79.9.